The second kappa shape index (κ2) is 6.87. The Kier molecular flexibility index (Phi) is 5.16. The van der Waals surface area contributed by atoms with Gasteiger partial charge in [0.15, 0.2) is 0 Å². The maximum Gasteiger partial charge on any atom is 0.0830 e. The average Bonchev–Trinajstić information content (AvgIpc) is 2.49. The summed E-state index contributed by atoms with van der Waals surface area (Å²) in [6.45, 7) is 5.87. The number of morpholine rings is 1. The first-order valence-electron chi connectivity index (χ1n) is 6.98. The Balaban J connectivity index is 1.59. The Morgan fingerprint density at radius 1 is 1.11 bits per heavy atom. The molecule has 110 valence electrons. The van der Waals surface area contributed by atoms with Crippen molar-refractivity contribution in [2.24, 2.45) is 0 Å². The Morgan fingerprint density at radius 3 is 2.79 bits per heavy atom. The van der Waals surface area contributed by atoms with Gasteiger partial charge < -0.3 is 20.1 Å². The number of nitrogens with one attached hydrogen (secondary N) is 2. The Bertz CT molecular complexity index is 326. The molecule has 3 aliphatic rings. The molecule has 0 spiro atoms. The molecule has 0 bridgehead atoms. The van der Waals surface area contributed by atoms with Crippen LogP contribution in [0, 0.1) is 0 Å². The Labute approximate surface area is 121 Å². The van der Waals surface area contributed by atoms with Crippen LogP contribution in [0.5, 0.6) is 0 Å². The molecule has 0 saturated carbocycles. The number of hydrogen-bond donors (Lipinski definition) is 2. The highest BCUT2D eigenvalue weighted by molar-refractivity contribution is 8.01. The van der Waals surface area contributed by atoms with E-state index in [1.165, 1.54) is 0 Å². The van der Waals surface area contributed by atoms with Crippen molar-refractivity contribution in [2.45, 2.75) is 21.9 Å². The molecule has 19 heavy (non-hydrogen) atoms. The molecule has 0 aromatic heterocycles. The standard InChI is InChI=1S/C12H22N2O3S2/c15-19-4-3-16-8-12(19)11-7-14-6-10(18-11)9-5-13-1-2-17-9/h9-14H,1-8H2. The van der Waals surface area contributed by atoms with Gasteiger partial charge in [0, 0.05) is 53.2 Å². The van der Waals surface area contributed by atoms with Crippen LogP contribution in [0.4, 0.5) is 0 Å². The van der Waals surface area contributed by atoms with Crippen molar-refractivity contribution in [1.29, 1.82) is 0 Å². The molecule has 3 saturated heterocycles. The van der Waals surface area contributed by atoms with Crippen molar-refractivity contribution in [3.05, 3.63) is 0 Å². The van der Waals surface area contributed by atoms with Gasteiger partial charge >= 0.3 is 0 Å². The van der Waals surface area contributed by atoms with E-state index in [1.807, 2.05) is 11.8 Å². The largest absolute Gasteiger partial charge is 0.379 e. The van der Waals surface area contributed by atoms with Crippen molar-refractivity contribution < 1.29 is 13.7 Å². The minimum atomic E-state index is -0.738. The van der Waals surface area contributed by atoms with E-state index >= 15 is 0 Å². The molecular weight excluding hydrogens is 284 g/mol. The van der Waals surface area contributed by atoms with E-state index in [2.05, 4.69) is 10.6 Å². The van der Waals surface area contributed by atoms with E-state index in [-0.39, 0.29) is 11.4 Å². The molecule has 0 aliphatic carbocycles. The summed E-state index contributed by atoms with van der Waals surface area (Å²) in [6.07, 6.45) is 0.270. The van der Waals surface area contributed by atoms with E-state index < -0.39 is 10.8 Å². The van der Waals surface area contributed by atoms with Crippen molar-refractivity contribution in [3.63, 3.8) is 0 Å². The van der Waals surface area contributed by atoms with Gasteiger partial charge in [-0.2, -0.15) is 0 Å². The molecule has 5 atom stereocenters. The molecule has 3 aliphatic heterocycles. The summed E-state index contributed by atoms with van der Waals surface area (Å²) in [6, 6.07) is 0. The van der Waals surface area contributed by atoms with Gasteiger partial charge in [0.2, 0.25) is 0 Å². The lowest BCUT2D eigenvalue weighted by molar-refractivity contribution is 0.0268. The van der Waals surface area contributed by atoms with Crippen molar-refractivity contribution >= 4 is 22.6 Å². The van der Waals surface area contributed by atoms with Gasteiger partial charge in [-0.3, -0.25) is 4.21 Å². The first kappa shape index (κ1) is 14.3. The third-order valence-electron chi connectivity index (χ3n) is 3.87. The highest BCUT2D eigenvalue weighted by Gasteiger charge is 2.37. The Hall–Kier alpha value is 0.340. The quantitative estimate of drug-likeness (QED) is 0.696. The van der Waals surface area contributed by atoms with E-state index in [0.29, 0.717) is 29.5 Å². The molecule has 0 radical (unpaired) electrons. The van der Waals surface area contributed by atoms with Crippen LogP contribution in [-0.4, -0.2) is 77.8 Å². The molecule has 3 fully saturated rings. The number of thioether (sulfide) groups is 1. The molecule has 3 heterocycles. The molecular formula is C12H22N2O3S2. The van der Waals surface area contributed by atoms with Gasteiger partial charge in [-0.1, -0.05) is 0 Å². The summed E-state index contributed by atoms with van der Waals surface area (Å²) < 4.78 is 23.5. The molecule has 5 unspecified atom stereocenters. The lowest BCUT2D eigenvalue weighted by Crippen LogP contribution is -2.54. The maximum atomic E-state index is 12.1. The Morgan fingerprint density at radius 2 is 2.00 bits per heavy atom. The van der Waals surface area contributed by atoms with Crippen LogP contribution in [0.15, 0.2) is 0 Å². The molecule has 0 amide bonds. The van der Waals surface area contributed by atoms with Gasteiger partial charge in [-0.05, 0) is 0 Å². The summed E-state index contributed by atoms with van der Waals surface area (Å²) in [5.74, 6) is 0.688. The summed E-state index contributed by atoms with van der Waals surface area (Å²) in [5.41, 5.74) is 0. The monoisotopic (exact) mass is 306 g/mol. The van der Waals surface area contributed by atoms with Crippen LogP contribution >= 0.6 is 11.8 Å². The smallest absolute Gasteiger partial charge is 0.0830 e. The topological polar surface area (TPSA) is 59.6 Å². The third-order valence-corrected chi connectivity index (χ3v) is 7.42. The zero-order chi connectivity index (χ0) is 13.1. The summed E-state index contributed by atoms with van der Waals surface area (Å²) >= 11 is 1.95. The van der Waals surface area contributed by atoms with Gasteiger partial charge in [0.1, 0.15) is 0 Å². The number of hydrogen-bond acceptors (Lipinski definition) is 6. The average molecular weight is 306 g/mol. The zero-order valence-corrected chi connectivity index (χ0v) is 12.6. The molecule has 5 nitrogen and oxygen atoms in total. The van der Waals surface area contributed by atoms with E-state index in [1.54, 1.807) is 0 Å². The van der Waals surface area contributed by atoms with E-state index in [4.69, 9.17) is 9.47 Å². The van der Waals surface area contributed by atoms with Crippen LogP contribution in [-0.2, 0) is 20.3 Å². The summed E-state index contributed by atoms with van der Waals surface area (Å²) in [5, 5.41) is 7.87. The first-order valence-corrected chi connectivity index (χ1v) is 9.30. The second-order valence-corrected chi connectivity index (χ2v) is 8.44. The minimum absolute atomic E-state index is 0.172. The second-order valence-electron chi connectivity index (χ2n) is 5.18. The fourth-order valence-corrected chi connectivity index (χ4v) is 6.11. The first-order chi connectivity index (χ1) is 9.34. The molecule has 2 N–H and O–H groups in total. The molecule has 7 heteroatoms. The molecule has 0 aromatic rings. The number of ether oxygens (including phenoxy) is 2. The molecule has 0 aromatic carbocycles. The van der Waals surface area contributed by atoms with Crippen LogP contribution in [0.25, 0.3) is 0 Å². The van der Waals surface area contributed by atoms with Crippen molar-refractivity contribution in [3.8, 4) is 0 Å². The fraction of sp³-hybridized carbons (Fsp3) is 1.00. The van der Waals surface area contributed by atoms with Crippen molar-refractivity contribution in [2.75, 3.05) is 51.8 Å². The van der Waals surface area contributed by atoms with Crippen LogP contribution in [0.3, 0.4) is 0 Å². The summed E-state index contributed by atoms with van der Waals surface area (Å²) in [7, 11) is -0.738. The predicted molar refractivity (Wildman–Crippen MR) is 78.3 cm³/mol. The zero-order valence-electron chi connectivity index (χ0n) is 11.0. The number of rotatable bonds is 2. The fourth-order valence-electron chi connectivity index (χ4n) is 2.80. The van der Waals surface area contributed by atoms with Crippen LogP contribution in [0.1, 0.15) is 0 Å². The summed E-state index contributed by atoms with van der Waals surface area (Å²) in [4.78, 5) is 0. The minimum Gasteiger partial charge on any atom is -0.379 e. The van der Waals surface area contributed by atoms with Gasteiger partial charge in [-0.25, -0.2) is 0 Å². The van der Waals surface area contributed by atoms with E-state index in [9.17, 15) is 4.21 Å². The highest BCUT2D eigenvalue weighted by atomic mass is 32.2. The van der Waals surface area contributed by atoms with E-state index in [0.717, 1.165) is 32.8 Å². The van der Waals surface area contributed by atoms with Gasteiger partial charge in [-0.15, -0.1) is 11.8 Å². The lowest BCUT2D eigenvalue weighted by atomic mass is 10.2. The normalized spacial score (nSPS) is 44.9. The molecule has 3 rings (SSSR count). The SMILES string of the molecule is O=S1CCOCC1C1CNCC(C2CNCCO2)S1. The van der Waals surface area contributed by atoms with Crippen LogP contribution < -0.4 is 10.6 Å². The third kappa shape index (κ3) is 3.51. The highest BCUT2D eigenvalue weighted by Crippen LogP contribution is 2.30. The predicted octanol–water partition coefficient (Wildman–Crippen LogP) is -0.804. The lowest BCUT2D eigenvalue weighted by Gasteiger charge is -2.39. The van der Waals surface area contributed by atoms with Crippen LogP contribution in [0.2, 0.25) is 0 Å². The van der Waals surface area contributed by atoms with Gasteiger partial charge in [0.25, 0.3) is 0 Å². The van der Waals surface area contributed by atoms with Crippen molar-refractivity contribution in [1.82, 2.24) is 10.6 Å². The van der Waals surface area contributed by atoms with Gasteiger partial charge in [0.05, 0.1) is 31.2 Å². The maximum absolute atomic E-state index is 12.1.